The molecule has 2 heteroatoms. The van der Waals surface area contributed by atoms with Gasteiger partial charge < -0.3 is 0 Å². The second kappa shape index (κ2) is 2.67. The second-order valence-corrected chi connectivity index (χ2v) is 2.39. The third-order valence-corrected chi connectivity index (χ3v) is 1.24. The normalized spacial score (nSPS) is 17.4. The molecule has 0 spiro atoms. The Kier molecular flexibility index (Phi) is 1.88. The highest BCUT2D eigenvalue weighted by Gasteiger charge is 2.01. The lowest BCUT2D eigenvalue weighted by molar-refractivity contribution is 0.325. The van der Waals surface area contributed by atoms with Gasteiger partial charge in [0.15, 0.2) is 0 Å². The minimum Gasteiger partial charge on any atom is -0.271 e. The molecule has 2 nitrogen and oxygen atoms in total. The van der Waals surface area contributed by atoms with Gasteiger partial charge in [-0.2, -0.15) is 5.10 Å². The van der Waals surface area contributed by atoms with Gasteiger partial charge in [-0.1, -0.05) is 6.08 Å². The van der Waals surface area contributed by atoms with Crippen LogP contribution in [0.2, 0.25) is 0 Å². The highest BCUT2D eigenvalue weighted by molar-refractivity contribution is 5.60. The first-order valence-electron chi connectivity index (χ1n) is 3.28. The molecule has 0 radical (unpaired) electrons. The maximum atomic E-state index is 4.15. The molecule has 0 aliphatic carbocycles. The van der Waals surface area contributed by atoms with Gasteiger partial charge in [0.05, 0.1) is 0 Å². The Morgan fingerprint density at radius 2 is 2.33 bits per heavy atom. The van der Waals surface area contributed by atoms with Crippen LogP contribution in [-0.2, 0) is 0 Å². The fourth-order valence-corrected chi connectivity index (χ4v) is 0.715. The average molecular weight is 124 g/mol. The van der Waals surface area contributed by atoms with Gasteiger partial charge >= 0.3 is 0 Å². The Morgan fingerprint density at radius 3 is 2.67 bits per heavy atom. The van der Waals surface area contributed by atoms with Crippen LogP contribution in [0, 0.1) is 0 Å². The number of hydrazone groups is 1. The topological polar surface area (TPSA) is 15.6 Å². The fourth-order valence-electron chi connectivity index (χ4n) is 0.715. The Bertz CT molecular complexity index is 124. The van der Waals surface area contributed by atoms with E-state index < -0.39 is 0 Å². The lowest BCUT2D eigenvalue weighted by atomic mass is 10.3. The molecule has 9 heavy (non-hydrogen) atoms. The molecule has 0 aromatic heterocycles. The van der Waals surface area contributed by atoms with Gasteiger partial charge in [0.25, 0.3) is 0 Å². The van der Waals surface area contributed by atoms with Crippen LogP contribution in [0.4, 0.5) is 0 Å². The van der Waals surface area contributed by atoms with Crippen molar-refractivity contribution >= 4 is 6.21 Å². The summed E-state index contributed by atoms with van der Waals surface area (Å²) in [6, 6.07) is 0.484. The van der Waals surface area contributed by atoms with Crippen LogP contribution in [0.5, 0.6) is 0 Å². The molecule has 1 heterocycles. The van der Waals surface area contributed by atoms with E-state index in [1.54, 1.807) is 0 Å². The van der Waals surface area contributed by atoms with Crippen LogP contribution in [0.15, 0.2) is 17.4 Å². The number of rotatable bonds is 1. The highest BCUT2D eigenvalue weighted by Crippen LogP contribution is 2.03. The second-order valence-electron chi connectivity index (χ2n) is 2.39. The summed E-state index contributed by atoms with van der Waals surface area (Å²) in [6.07, 6.45) is 7.01. The van der Waals surface area contributed by atoms with Crippen LogP contribution in [0.25, 0.3) is 0 Å². The van der Waals surface area contributed by atoms with Crippen LogP contribution >= 0.6 is 0 Å². The van der Waals surface area contributed by atoms with E-state index >= 15 is 0 Å². The summed E-state index contributed by atoms with van der Waals surface area (Å²) in [6.45, 7) is 4.24. The van der Waals surface area contributed by atoms with Crippen molar-refractivity contribution in [2.75, 3.05) is 0 Å². The molecule has 0 amide bonds. The molecular weight excluding hydrogens is 112 g/mol. The van der Waals surface area contributed by atoms with Crippen molar-refractivity contribution in [2.45, 2.75) is 26.3 Å². The van der Waals surface area contributed by atoms with E-state index in [4.69, 9.17) is 0 Å². The molecule has 0 saturated carbocycles. The first kappa shape index (κ1) is 6.33. The van der Waals surface area contributed by atoms with Crippen molar-refractivity contribution in [3.63, 3.8) is 0 Å². The van der Waals surface area contributed by atoms with Crippen LogP contribution in [0.3, 0.4) is 0 Å². The molecule has 0 aromatic rings. The Balaban J connectivity index is 2.49. The molecule has 1 aliphatic rings. The molecule has 1 rings (SSSR count). The summed E-state index contributed by atoms with van der Waals surface area (Å²) in [7, 11) is 0. The lowest BCUT2D eigenvalue weighted by Gasteiger charge is -2.20. The van der Waals surface area contributed by atoms with E-state index in [1.165, 1.54) is 0 Å². The summed E-state index contributed by atoms with van der Waals surface area (Å²) in [5.41, 5.74) is 0. The average Bonchev–Trinajstić information content (AvgIpc) is 1.90. The standard InChI is InChI=1S/C7H12N2/c1-7(2)9-6-4-3-5-8-9/h4-7H,3H2,1-2H3. The van der Waals surface area contributed by atoms with E-state index in [9.17, 15) is 0 Å². The number of hydrogen-bond donors (Lipinski definition) is 0. The third-order valence-electron chi connectivity index (χ3n) is 1.24. The van der Waals surface area contributed by atoms with Gasteiger partial charge in [-0.25, -0.2) is 0 Å². The molecule has 0 unspecified atom stereocenters. The van der Waals surface area contributed by atoms with E-state index in [2.05, 4.69) is 25.0 Å². The van der Waals surface area contributed by atoms with E-state index in [-0.39, 0.29) is 0 Å². The molecule has 0 aromatic carbocycles. The number of hydrogen-bond acceptors (Lipinski definition) is 2. The third kappa shape index (κ3) is 1.56. The van der Waals surface area contributed by atoms with Gasteiger partial charge in [-0.15, -0.1) is 0 Å². The predicted molar refractivity (Wildman–Crippen MR) is 39.2 cm³/mol. The summed E-state index contributed by atoms with van der Waals surface area (Å²) >= 11 is 0. The summed E-state index contributed by atoms with van der Waals surface area (Å²) < 4.78 is 0. The van der Waals surface area contributed by atoms with Gasteiger partial charge in [-0.3, -0.25) is 5.01 Å². The number of allylic oxidation sites excluding steroid dienone is 1. The summed E-state index contributed by atoms with van der Waals surface area (Å²) in [5, 5.41) is 6.10. The molecule has 0 saturated heterocycles. The van der Waals surface area contributed by atoms with Gasteiger partial charge in [0.1, 0.15) is 0 Å². The highest BCUT2D eigenvalue weighted by atomic mass is 15.5. The SMILES string of the molecule is CC(C)N1C=CCC=N1. The van der Waals surface area contributed by atoms with Crippen molar-refractivity contribution in [3.05, 3.63) is 12.3 Å². The summed E-state index contributed by atoms with van der Waals surface area (Å²) in [5.74, 6) is 0. The molecule has 0 atom stereocenters. The van der Waals surface area contributed by atoms with Crippen molar-refractivity contribution in [1.29, 1.82) is 0 Å². The van der Waals surface area contributed by atoms with Gasteiger partial charge in [-0.05, 0) is 13.8 Å². The lowest BCUT2D eigenvalue weighted by Crippen LogP contribution is -2.20. The van der Waals surface area contributed by atoms with Crippen LogP contribution in [-0.4, -0.2) is 17.3 Å². The van der Waals surface area contributed by atoms with Crippen LogP contribution in [0.1, 0.15) is 20.3 Å². The smallest absolute Gasteiger partial charge is 0.0462 e. The first-order chi connectivity index (χ1) is 4.30. The van der Waals surface area contributed by atoms with E-state index in [1.807, 2.05) is 17.4 Å². The minimum absolute atomic E-state index is 0.484. The molecule has 0 fully saturated rings. The van der Waals surface area contributed by atoms with E-state index in [0.29, 0.717) is 6.04 Å². The monoisotopic (exact) mass is 124 g/mol. The van der Waals surface area contributed by atoms with Crippen LogP contribution < -0.4 is 0 Å². The van der Waals surface area contributed by atoms with Crippen molar-refractivity contribution < 1.29 is 0 Å². The summed E-state index contributed by atoms with van der Waals surface area (Å²) in [4.78, 5) is 0. The quantitative estimate of drug-likeness (QED) is 0.518. The van der Waals surface area contributed by atoms with Crippen molar-refractivity contribution in [3.8, 4) is 0 Å². The Labute approximate surface area is 55.9 Å². The molecular formula is C7H12N2. The zero-order valence-electron chi connectivity index (χ0n) is 5.91. The van der Waals surface area contributed by atoms with E-state index in [0.717, 1.165) is 6.42 Å². The maximum absolute atomic E-state index is 4.15. The first-order valence-corrected chi connectivity index (χ1v) is 3.28. The zero-order valence-corrected chi connectivity index (χ0v) is 5.91. The van der Waals surface area contributed by atoms with Gasteiger partial charge in [0, 0.05) is 24.9 Å². The van der Waals surface area contributed by atoms with Crippen molar-refractivity contribution in [1.82, 2.24) is 5.01 Å². The Morgan fingerprint density at radius 1 is 1.56 bits per heavy atom. The molecule has 1 aliphatic heterocycles. The Hall–Kier alpha value is -0.790. The largest absolute Gasteiger partial charge is 0.271 e. The minimum atomic E-state index is 0.484. The van der Waals surface area contributed by atoms with Gasteiger partial charge in [0.2, 0.25) is 0 Å². The number of nitrogens with zero attached hydrogens (tertiary/aromatic N) is 2. The molecule has 50 valence electrons. The maximum Gasteiger partial charge on any atom is 0.0462 e. The van der Waals surface area contributed by atoms with Crippen molar-refractivity contribution in [2.24, 2.45) is 5.10 Å². The predicted octanol–water partition coefficient (Wildman–Crippen LogP) is 1.60. The zero-order chi connectivity index (χ0) is 6.69. The fraction of sp³-hybridized carbons (Fsp3) is 0.571. The molecule has 0 bridgehead atoms. The molecule has 0 N–H and O–H groups in total.